The van der Waals surface area contributed by atoms with Crippen LogP contribution in [0, 0.1) is 5.92 Å². The molecule has 0 radical (unpaired) electrons. The van der Waals surface area contributed by atoms with E-state index in [0.717, 1.165) is 18.4 Å². The molecule has 1 atom stereocenters. The van der Waals surface area contributed by atoms with Gasteiger partial charge in [-0.2, -0.15) is 0 Å². The van der Waals surface area contributed by atoms with Crippen molar-refractivity contribution in [1.29, 1.82) is 0 Å². The number of rotatable bonds is 8. The molecule has 1 amide bonds. The second-order valence-electron chi connectivity index (χ2n) is 7.72. The summed E-state index contributed by atoms with van der Waals surface area (Å²) in [5.41, 5.74) is 0.856. The highest BCUT2D eigenvalue weighted by Gasteiger charge is 2.31. The molecular weight excluding hydrogens is 378 g/mol. The summed E-state index contributed by atoms with van der Waals surface area (Å²) in [5, 5.41) is 2.96. The average Bonchev–Trinajstić information content (AvgIpc) is 3.20. The summed E-state index contributed by atoms with van der Waals surface area (Å²) >= 11 is 0. The van der Waals surface area contributed by atoms with Crippen molar-refractivity contribution in [2.75, 3.05) is 18.8 Å². The van der Waals surface area contributed by atoms with E-state index in [9.17, 15) is 13.2 Å². The zero-order chi connectivity index (χ0) is 20.0. The molecule has 1 saturated carbocycles. The Labute approximate surface area is 167 Å². The molecule has 28 heavy (non-hydrogen) atoms. The van der Waals surface area contributed by atoms with Crippen molar-refractivity contribution in [3.05, 3.63) is 23.9 Å². The summed E-state index contributed by atoms with van der Waals surface area (Å²) in [4.78, 5) is 17.0. The fourth-order valence-corrected chi connectivity index (χ4v) is 5.54. The first-order valence-corrected chi connectivity index (χ1v) is 12.0. The smallest absolute Gasteiger partial charge is 0.224 e. The Balaban J connectivity index is 1.56. The Morgan fingerprint density at radius 2 is 2.07 bits per heavy atom. The molecule has 0 unspecified atom stereocenters. The van der Waals surface area contributed by atoms with Gasteiger partial charge in [0, 0.05) is 31.4 Å². The maximum absolute atomic E-state index is 12.7. The summed E-state index contributed by atoms with van der Waals surface area (Å²) in [6, 6.07) is 3.75. The van der Waals surface area contributed by atoms with Crippen LogP contribution in [0.5, 0.6) is 5.88 Å². The van der Waals surface area contributed by atoms with Gasteiger partial charge in [-0.05, 0) is 51.0 Å². The van der Waals surface area contributed by atoms with Crippen LogP contribution in [0.4, 0.5) is 0 Å². The van der Waals surface area contributed by atoms with E-state index in [1.54, 1.807) is 6.20 Å². The summed E-state index contributed by atoms with van der Waals surface area (Å²) in [6.45, 7) is 2.97. The summed E-state index contributed by atoms with van der Waals surface area (Å²) in [7, 11) is -3.26. The predicted octanol–water partition coefficient (Wildman–Crippen LogP) is 2.47. The first kappa shape index (κ1) is 21.0. The number of sulfonamides is 1. The Bertz CT molecular complexity index is 762. The number of aromatic nitrogens is 1. The van der Waals surface area contributed by atoms with Gasteiger partial charge in [-0.25, -0.2) is 17.7 Å². The second-order valence-corrected chi connectivity index (χ2v) is 9.81. The first-order valence-electron chi connectivity index (χ1n) is 10.4. The molecule has 3 rings (SSSR count). The molecule has 2 heterocycles. The van der Waals surface area contributed by atoms with Gasteiger partial charge in [0.25, 0.3) is 0 Å². The van der Waals surface area contributed by atoms with E-state index in [1.165, 1.54) is 17.1 Å². The molecule has 7 nitrogen and oxygen atoms in total. The minimum atomic E-state index is -3.26. The van der Waals surface area contributed by atoms with Crippen LogP contribution in [0.15, 0.2) is 18.3 Å². The van der Waals surface area contributed by atoms with Crippen molar-refractivity contribution >= 4 is 15.9 Å². The third kappa shape index (κ3) is 5.44. The number of hydrogen-bond acceptors (Lipinski definition) is 5. The quantitative estimate of drug-likeness (QED) is 0.712. The van der Waals surface area contributed by atoms with E-state index in [0.29, 0.717) is 38.2 Å². The normalized spacial score (nSPS) is 21.5. The number of piperidine rings is 1. The Morgan fingerprint density at radius 1 is 1.29 bits per heavy atom. The van der Waals surface area contributed by atoms with Crippen LogP contribution < -0.4 is 10.1 Å². The lowest BCUT2D eigenvalue weighted by Gasteiger charge is -2.31. The maximum Gasteiger partial charge on any atom is 0.224 e. The van der Waals surface area contributed by atoms with Crippen molar-refractivity contribution in [1.82, 2.24) is 14.6 Å². The summed E-state index contributed by atoms with van der Waals surface area (Å²) in [6.07, 6.45) is 8.38. The number of amides is 1. The molecule has 0 bridgehead atoms. The number of pyridine rings is 1. The lowest BCUT2D eigenvalue weighted by atomic mass is 9.99. The van der Waals surface area contributed by atoms with Gasteiger partial charge >= 0.3 is 0 Å². The van der Waals surface area contributed by atoms with Gasteiger partial charge in [-0.15, -0.1) is 0 Å². The van der Waals surface area contributed by atoms with Crippen molar-refractivity contribution in [2.24, 2.45) is 5.92 Å². The zero-order valence-electron chi connectivity index (χ0n) is 16.6. The van der Waals surface area contributed by atoms with Crippen LogP contribution in [0.1, 0.15) is 57.4 Å². The molecule has 2 fully saturated rings. The largest absolute Gasteiger partial charge is 0.474 e. The van der Waals surface area contributed by atoms with E-state index < -0.39 is 10.0 Å². The van der Waals surface area contributed by atoms with Crippen LogP contribution in [-0.2, 0) is 21.4 Å². The number of nitrogens with one attached hydrogen (secondary N) is 1. The molecule has 1 aromatic rings. The summed E-state index contributed by atoms with van der Waals surface area (Å²) in [5.74, 6) is 0.313. The molecular formula is C20H31N3O4S. The zero-order valence-corrected chi connectivity index (χ0v) is 17.4. The standard InChI is InChI=1S/C20H31N3O4S/c1-2-13-28(25,26)23-12-6-8-17(15-23)19(24)22-14-16-7-5-11-21-20(16)27-18-9-3-4-10-18/h5,7,11,17-18H,2-4,6,8-10,12-15H2,1H3,(H,22,24)/t17-/m1/s1. The van der Waals surface area contributed by atoms with Crippen LogP contribution in [-0.4, -0.2) is 48.6 Å². The highest BCUT2D eigenvalue weighted by atomic mass is 32.2. The first-order chi connectivity index (χ1) is 13.5. The molecule has 0 aromatic carbocycles. The molecule has 2 aliphatic rings. The number of carbonyl (C=O) groups is 1. The SMILES string of the molecule is CCCS(=O)(=O)N1CCC[C@@H](C(=O)NCc2cccnc2OC2CCCC2)C1. The third-order valence-electron chi connectivity index (χ3n) is 5.49. The summed E-state index contributed by atoms with van der Waals surface area (Å²) < 4.78 is 32.1. The van der Waals surface area contributed by atoms with Crippen LogP contribution in [0.25, 0.3) is 0 Å². The lowest BCUT2D eigenvalue weighted by molar-refractivity contribution is -0.126. The van der Waals surface area contributed by atoms with E-state index in [-0.39, 0.29) is 30.2 Å². The van der Waals surface area contributed by atoms with Gasteiger partial charge < -0.3 is 10.1 Å². The molecule has 0 spiro atoms. The van der Waals surface area contributed by atoms with Gasteiger partial charge in [0.15, 0.2) is 0 Å². The molecule has 1 aromatic heterocycles. The third-order valence-corrected chi connectivity index (χ3v) is 7.54. The fraction of sp³-hybridized carbons (Fsp3) is 0.700. The van der Waals surface area contributed by atoms with E-state index in [1.807, 2.05) is 19.1 Å². The number of nitrogens with zero attached hydrogens (tertiary/aromatic N) is 2. The van der Waals surface area contributed by atoms with Gasteiger partial charge in [0.1, 0.15) is 6.10 Å². The van der Waals surface area contributed by atoms with Crippen LogP contribution in [0.3, 0.4) is 0 Å². The van der Waals surface area contributed by atoms with Gasteiger partial charge in [0.05, 0.1) is 11.7 Å². The number of hydrogen-bond donors (Lipinski definition) is 1. The van der Waals surface area contributed by atoms with Crippen LogP contribution in [0.2, 0.25) is 0 Å². The van der Waals surface area contributed by atoms with E-state index in [2.05, 4.69) is 10.3 Å². The van der Waals surface area contributed by atoms with E-state index >= 15 is 0 Å². The lowest BCUT2D eigenvalue weighted by Crippen LogP contribution is -2.45. The molecule has 1 saturated heterocycles. The van der Waals surface area contributed by atoms with Crippen LogP contribution >= 0.6 is 0 Å². The molecule has 8 heteroatoms. The Morgan fingerprint density at radius 3 is 2.82 bits per heavy atom. The molecule has 1 aliphatic heterocycles. The molecule has 156 valence electrons. The fourth-order valence-electron chi connectivity index (χ4n) is 3.95. The second kappa shape index (κ2) is 9.69. The van der Waals surface area contributed by atoms with Gasteiger partial charge in [0.2, 0.25) is 21.8 Å². The molecule has 1 N–H and O–H groups in total. The molecule has 1 aliphatic carbocycles. The topological polar surface area (TPSA) is 88.6 Å². The minimum absolute atomic E-state index is 0.105. The van der Waals surface area contributed by atoms with Crippen molar-refractivity contribution in [3.63, 3.8) is 0 Å². The van der Waals surface area contributed by atoms with Crippen molar-refractivity contribution < 1.29 is 17.9 Å². The van der Waals surface area contributed by atoms with Crippen molar-refractivity contribution in [2.45, 2.75) is 64.5 Å². The van der Waals surface area contributed by atoms with Crippen molar-refractivity contribution in [3.8, 4) is 5.88 Å². The highest BCUT2D eigenvalue weighted by molar-refractivity contribution is 7.89. The number of ether oxygens (including phenoxy) is 1. The van der Waals surface area contributed by atoms with Gasteiger partial charge in [-0.3, -0.25) is 4.79 Å². The average molecular weight is 410 g/mol. The maximum atomic E-state index is 12.7. The number of carbonyl (C=O) groups excluding carboxylic acids is 1. The Kier molecular flexibility index (Phi) is 7.29. The minimum Gasteiger partial charge on any atom is -0.474 e. The van der Waals surface area contributed by atoms with E-state index in [4.69, 9.17) is 4.74 Å². The monoisotopic (exact) mass is 409 g/mol. The Hall–Kier alpha value is -1.67. The predicted molar refractivity (Wildman–Crippen MR) is 107 cm³/mol. The van der Waals surface area contributed by atoms with Gasteiger partial charge in [-0.1, -0.05) is 13.0 Å². The highest BCUT2D eigenvalue weighted by Crippen LogP contribution is 2.25.